The van der Waals surface area contributed by atoms with Crippen LogP contribution < -0.4 is 5.32 Å². The number of nitrogens with one attached hydrogen (secondary N) is 1. The number of carboxylic acids is 1. The Bertz CT molecular complexity index is 717. The summed E-state index contributed by atoms with van der Waals surface area (Å²) in [5, 5.41) is 12.4. The van der Waals surface area contributed by atoms with Gasteiger partial charge in [-0.3, -0.25) is 4.79 Å². The summed E-state index contributed by atoms with van der Waals surface area (Å²) < 4.78 is 5.51. The van der Waals surface area contributed by atoms with E-state index in [0.29, 0.717) is 27.8 Å². The summed E-state index contributed by atoms with van der Waals surface area (Å²) in [5.74, 6) is 0.0904. The fraction of sp³-hybridized carbons (Fsp3) is 0.438. The van der Waals surface area contributed by atoms with Gasteiger partial charge in [-0.05, 0) is 38.3 Å². The first-order valence-corrected chi connectivity index (χ1v) is 8.17. The van der Waals surface area contributed by atoms with Crippen molar-refractivity contribution in [2.75, 3.05) is 0 Å². The summed E-state index contributed by atoms with van der Waals surface area (Å²) >= 11 is 1.20. The van der Waals surface area contributed by atoms with Gasteiger partial charge in [-0.15, -0.1) is 11.3 Å². The summed E-state index contributed by atoms with van der Waals surface area (Å²) in [7, 11) is 0. The van der Waals surface area contributed by atoms with Crippen molar-refractivity contribution in [2.24, 2.45) is 5.92 Å². The second kappa shape index (κ2) is 6.95. The molecule has 6 nitrogen and oxygen atoms in total. The van der Waals surface area contributed by atoms with Gasteiger partial charge in [0.25, 0.3) is 5.91 Å². The Kier molecular flexibility index (Phi) is 5.20. The number of nitrogens with zero attached hydrogens (tertiary/aromatic N) is 1. The van der Waals surface area contributed by atoms with Gasteiger partial charge in [-0.25, -0.2) is 9.78 Å². The minimum Gasteiger partial charge on any atom is -0.480 e. The highest BCUT2D eigenvalue weighted by atomic mass is 32.1. The van der Waals surface area contributed by atoms with Gasteiger partial charge in [0.05, 0.1) is 5.69 Å². The minimum absolute atomic E-state index is 0.167. The molecule has 1 atom stereocenters. The lowest BCUT2D eigenvalue weighted by molar-refractivity contribution is -0.139. The quantitative estimate of drug-likeness (QED) is 0.845. The molecule has 0 radical (unpaired) electrons. The van der Waals surface area contributed by atoms with Crippen LogP contribution in [0.2, 0.25) is 0 Å². The number of rotatable bonds is 6. The van der Waals surface area contributed by atoms with Gasteiger partial charge in [-0.2, -0.15) is 0 Å². The lowest BCUT2D eigenvalue weighted by Gasteiger charge is -2.15. The maximum atomic E-state index is 12.4. The number of aromatic nitrogens is 1. The van der Waals surface area contributed by atoms with E-state index in [1.807, 2.05) is 26.8 Å². The molecule has 0 aliphatic carbocycles. The third-order valence-electron chi connectivity index (χ3n) is 3.26. The molecule has 7 heteroatoms. The van der Waals surface area contributed by atoms with E-state index in [1.54, 1.807) is 13.0 Å². The molecule has 0 saturated carbocycles. The monoisotopic (exact) mass is 336 g/mol. The molecule has 2 rings (SSSR count). The molecule has 1 amide bonds. The molecular weight excluding hydrogens is 316 g/mol. The Morgan fingerprint density at radius 3 is 2.57 bits per heavy atom. The van der Waals surface area contributed by atoms with E-state index in [9.17, 15) is 14.7 Å². The first kappa shape index (κ1) is 17.2. The van der Waals surface area contributed by atoms with Crippen LogP contribution in [0.15, 0.2) is 16.5 Å². The number of aryl methyl sites for hydroxylation is 2. The molecular formula is C16H20N2O4S. The number of amides is 1. The number of carbonyl (C=O) groups excluding carboxylic acids is 1. The molecule has 2 heterocycles. The fourth-order valence-corrected chi connectivity index (χ4v) is 3.11. The summed E-state index contributed by atoms with van der Waals surface area (Å²) in [6.45, 7) is 7.39. The molecule has 2 aromatic rings. The number of hydrogen-bond acceptors (Lipinski definition) is 5. The Labute approximate surface area is 138 Å². The average molecular weight is 336 g/mol. The van der Waals surface area contributed by atoms with Crippen LogP contribution in [0.25, 0.3) is 10.8 Å². The summed E-state index contributed by atoms with van der Waals surface area (Å²) in [6, 6.07) is 2.72. The van der Waals surface area contributed by atoms with E-state index < -0.39 is 17.9 Å². The lowest BCUT2D eigenvalue weighted by atomic mass is 10.0. The van der Waals surface area contributed by atoms with Crippen LogP contribution in [-0.2, 0) is 4.79 Å². The van der Waals surface area contributed by atoms with Crippen LogP contribution in [0.5, 0.6) is 0 Å². The van der Waals surface area contributed by atoms with Gasteiger partial charge >= 0.3 is 5.97 Å². The van der Waals surface area contributed by atoms with Gasteiger partial charge in [0.15, 0.2) is 10.8 Å². The maximum absolute atomic E-state index is 12.4. The number of thiazole rings is 1. The second-order valence-corrected chi connectivity index (χ2v) is 6.84. The van der Waals surface area contributed by atoms with Gasteiger partial charge in [0.2, 0.25) is 0 Å². The zero-order valence-electron chi connectivity index (χ0n) is 13.5. The number of carbonyl (C=O) groups is 2. The van der Waals surface area contributed by atoms with Crippen molar-refractivity contribution < 1.29 is 19.1 Å². The van der Waals surface area contributed by atoms with Crippen LogP contribution >= 0.6 is 11.3 Å². The smallest absolute Gasteiger partial charge is 0.326 e. The predicted octanol–water partition coefficient (Wildman–Crippen LogP) is 3.25. The number of furan rings is 1. The summed E-state index contributed by atoms with van der Waals surface area (Å²) in [5.41, 5.74) is 0.560. The fourth-order valence-electron chi connectivity index (χ4n) is 2.18. The van der Waals surface area contributed by atoms with Crippen molar-refractivity contribution in [2.45, 2.75) is 40.2 Å². The third kappa shape index (κ3) is 4.19. The number of hydrogen-bond donors (Lipinski definition) is 2. The Morgan fingerprint density at radius 2 is 2.04 bits per heavy atom. The summed E-state index contributed by atoms with van der Waals surface area (Å²) in [4.78, 5) is 28.4. The van der Waals surface area contributed by atoms with Crippen molar-refractivity contribution in [3.8, 4) is 10.8 Å². The van der Waals surface area contributed by atoms with Crippen LogP contribution in [0.3, 0.4) is 0 Å². The van der Waals surface area contributed by atoms with E-state index in [2.05, 4.69) is 10.3 Å². The van der Waals surface area contributed by atoms with Crippen LogP contribution in [0.1, 0.15) is 41.4 Å². The normalized spacial score (nSPS) is 12.4. The largest absolute Gasteiger partial charge is 0.480 e. The van der Waals surface area contributed by atoms with Crippen LogP contribution in [0, 0.1) is 19.8 Å². The highest BCUT2D eigenvalue weighted by Crippen LogP contribution is 2.29. The van der Waals surface area contributed by atoms with Crippen LogP contribution in [-0.4, -0.2) is 28.0 Å². The van der Waals surface area contributed by atoms with Crippen molar-refractivity contribution >= 4 is 23.2 Å². The SMILES string of the molecule is Cc1ccc(-c2nc(C)c(C(=O)N[C@@H](CC(C)C)C(=O)O)s2)o1. The molecule has 0 fully saturated rings. The topological polar surface area (TPSA) is 92.4 Å². The molecule has 2 aromatic heterocycles. The zero-order valence-corrected chi connectivity index (χ0v) is 14.4. The Morgan fingerprint density at radius 1 is 1.35 bits per heavy atom. The molecule has 2 N–H and O–H groups in total. The molecule has 23 heavy (non-hydrogen) atoms. The molecule has 0 spiro atoms. The van der Waals surface area contributed by atoms with Gasteiger partial charge in [-0.1, -0.05) is 13.8 Å². The zero-order chi connectivity index (χ0) is 17.1. The first-order valence-electron chi connectivity index (χ1n) is 7.35. The molecule has 0 saturated heterocycles. The van der Waals surface area contributed by atoms with E-state index in [-0.39, 0.29) is 5.92 Å². The summed E-state index contributed by atoms with van der Waals surface area (Å²) in [6.07, 6.45) is 0.378. The number of carboxylic acid groups (broad SMARTS) is 1. The van der Waals surface area contributed by atoms with Gasteiger partial charge in [0, 0.05) is 0 Å². The van der Waals surface area contributed by atoms with Crippen LogP contribution in [0.4, 0.5) is 0 Å². The molecule has 0 unspecified atom stereocenters. The standard InChI is InChI=1S/C16H20N2O4S/c1-8(2)7-11(16(20)21)18-14(19)13-10(4)17-15(23-13)12-6-5-9(3)22-12/h5-6,8,11H,7H2,1-4H3,(H,18,19)(H,20,21)/t11-/m0/s1. The first-order chi connectivity index (χ1) is 10.8. The lowest BCUT2D eigenvalue weighted by Crippen LogP contribution is -2.41. The average Bonchev–Trinajstić information content (AvgIpc) is 3.03. The number of aliphatic carboxylic acids is 1. The van der Waals surface area contributed by atoms with Gasteiger partial charge < -0.3 is 14.8 Å². The maximum Gasteiger partial charge on any atom is 0.326 e. The predicted molar refractivity (Wildman–Crippen MR) is 87.6 cm³/mol. The van der Waals surface area contributed by atoms with Crippen molar-refractivity contribution in [1.82, 2.24) is 10.3 Å². The molecule has 124 valence electrons. The minimum atomic E-state index is -1.03. The molecule has 0 aliphatic rings. The van der Waals surface area contributed by atoms with E-state index in [1.165, 1.54) is 11.3 Å². The highest BCUT2D eigenvalue weighted by molar-refractivity contribution is 7.17. The van der Waals surface area contributed by atoms with Crippen molar-refractivity contribution in [3.63, 3.8) is 0 Å². The van der Waals surface area contributed by atoms with Gasteiger partial charge in [0.1, 0.15) is 16.7 Å². The van der Waals surface area contributed by atoms with Crippen molar-refractivity contribution in [3.05, 3.63) is 28.5 Å². The van der Waals surface area contributed by atoms with Crippen molar-refractivity contribution in [1.29, 1.82) is 0 Å². The molecule has 0 aliphatic heterocycles. The molecule has 0 aromatic carbocycles. The highest BCUT2D eigenvalue weighted by Gasteiger charge is 2.24. The Hall–Kier alpha value is -2.15. The van der Waals surface area contributed by atoms with E-state index >= 15 is 0 Å². The molecule has 0 bridgehead atoms. The third-order valence-corrected chi connectivity index (χ3v) is 4.44. The van der Waals surface area contributed by atoms with E-state index in [4.69, 9.17) is 4.42 Å². The van der Waals surface area contributed by atoms with E-state index in [0.717, 1.165) is 5.76 Å². The Balaban J connectivity index is 2.19. The second-order valence-electron chi connectivity index (χ2n) is 5.84.